The van der Waals surface area contributed by atoms with Crippen molar-refractivity contribution in [3.63, 3.8) is 0 Å². The third-order valence-corrected chi connectivity index (χ3v) is 2.26. The van der Waals surface area contributed by atoms with E-state index in [-0.39, 0.29) is 4.47 Å². The zero-order chi connectivity index (χ0) is 10.9. The molecule has 0 bridgehead atoms. The number of rotatable bonds is 2. The Morgan fingerprint density at radius 1 is 1.57 bits per heavy atom. The number of carbonyl (C=O) groups excluding carboxylic acids is 1. The van der Waals surface area contributed by atoms with E-state index in [0.29, 0.717) is 0 Å². The maximum absolute atomic E-state index is 12.9. The van der Waals surface area contributed by atoms with E-state index in [1.165, 1.54) is 0 Å². The summed E-state index contributed by atoms with van der Waals surface area (Å²) >= 11 is 7.82. The van der Waals surface area contributed by atoms with Gasteiger partial charge in [-0.3, -0.25) is 14.9 Å². The van der Waals surface area contributed by atoms with Gasteiger partial charge in [-0.25, -0.2) is 4.39 Å². The van der Waals surface area contributed by atoms with Gasteiger partial charge >= 0.3 is 0 Å². The molecule has 0 N–H and O–H groups in total. The molecular weight excluding hydrogens is 280 g/mol. The number of nitrogens with zero attached hydrogens (tertiary/aromatic N) is 1. The number of carbonyl (C=O) groups is 1. The van der Waals surface area contributed by atoms with Crippen LogP contribution in [0.25, 0.3) is 0 Å². The molecule has 0 amide bonds. The fraction of sp³-hybridized carbons (Fsp3) is 0. The molecule has 1 aromatic carbocycles. The Hall–Kier alpha value is -1.01. The van der Waals surface area contributed by atoms with Crippen LogP contribution >= 0.6 is 27.5 Å². The fourth-order valence-electron chi connectivity index (χ4n) is 0.845. The summed E-state index contributed by atoms with van der Waals surface area (Å²) in [6.07, 6.45) is 0. The summed E-state index contributed by atoms with van der Waals surface area (Å²) in [5, 5.41) is 9.37. The van der Waals surface area contributed by atoms with E-state index in [2.05, 4.69) is 15.9 Å². The van der Waals surface area contributed by atoms with Crippen LogP contribution in [0.3, 0.4) is 0 Å². The van der Waals surface area contributed by atoms with Crippen molar-refractivity contribution in [2.75, 3.05) is 0 Å². The van der Waals surface area contributed by atoms with Crippen LogP contribution in [0.4, 0.5) is 10.1 Å². The number of nitro benzene ring substituents is 1. The van der Waals surface area contributed by atoms with E-state index in [0.717, 1.165) is 12.1 Å². The lowest BCUT2D eigenvalue weighted by atomic mass is 10.2. The third-order valence-electron chi connectivity index (χ3n) is 1.45. The Balaban J connectivity index is 3.46. The van der Waals surface area contributed by atoms with Gasteiger partial charge in [0.15, 0.2) is 0 Å². The standard InChI is InChI=1S/C7H2BrClFNO3/c8-4-2-6(11(13)14)3(7(9)12)1-5(4)10/h1-2H. The number of halogens is 3. The highest BCUT2D eigenvalue weighted by atomic mass is 79.9. The van der Waals surface area contributed by atoms with Crippen LogP contribution in [0.1, 0.15) is 10.4 Å². The average molecular weight is 282 g/mol. The van der Waals surface area contributed by atoms with Crippen molar-refractivity contribution in [3.8, 4) is 0 Å². The molecule has 0 aliphatic carbocycles. The molecule has 1 rings (SSSR count). The quantitative estimate of drug-likeness (QED) is 0.476. The maximum atomic E-state index is 12.9. The summed E-state index contributed by atoms with van der Waals surface area (Å²) in [5.74, 6) is -0.778. The third kappa shape index (κ3) is 2.08. The summed E-state index contributed by atoms with van der Waals surface area (Å²) in [4.78, 5) is 20.3. The summed E-state index contributed by atoms with van der Waals surface area (Å²) < 4.78 is 12.8. The molecule has 74 valence electrons. The Bertz CT molecular complexity index is 385. The molecule has 0 aliphatic rings. The van der Waals surface area contributed by atoms with Crippen LogP contribution in [-0.2, 0) is 0 Å². The highest BCUT2D eigenvalue weighted by Crippen LogP contribution is 2.27. The van der Waals surface area contributed by atoms with Gasteiger partial charge in [0.25, 0.3) is 10.9 Å². The average Bonchev–Trinajstić information content (AvgIpc) is 2.08. The normalized spacial score (nSPS) is 9.93. The van der Waals surface area contributed by atoms with E-state index in [9.17, 15) is 19.3 Å². The van der Waals surface area contributed by atoms with Gasteiger partial charge in [0.2, 0.25) is 0 Å². The van der Waals surface area contributed by atoms with Crippen LogP contribution in [-0.4, -0.2) is 10.2 Å². The lowest BCUT2D eigenvalue weighted by Gasteiger charge is -1.99. The summed E-state index contributed by atoms with van der Waals surface area (Å²) in [6.45, 7) is 0. The highest BCUT2D eigenvalue weighted by Gasteiger charge is 2.21. The van der Waals surface area contributed by atoms with E-state index >= 15 is 0 Å². The number of nitro groups is 1. The van der Waals surface area contributed by atoms with Gasteiger partial charge in [0.1, 0.15) is 11.4 Å². The Morgan fingerprint density at radius 3 is 2.57 bits per heavy atom. The molecule has 0 unspecified atom stereocenters. The van der Waals surface area contributed by atoms with Gasteiger partial charge in [-0.05, 0) is 33.6 Å². The minimum absolute atomic E-state index is 0.0918. The fourth-order valence-corrected chi connectivity index (χ4v) is 1.33. The van der Waals surface area contributed by atoms with Crippen molar-refractivity contribution in [2.45, 2.75) is 0 Å². The van der Waals surface area contributed by atoms with E-state index < -0.39 is 27.2 Å². The molecule has 0 atom stereocenters. The molecule has 0 fully saturated rings. The number of benzene rings is 1. The second-order valence-corrected chi connectivity index (χ2v) is 3.51. The van der Waals surface area contributed by atoms with Gasteiger partial charge in [-0.15, -0.1) is 0 Å². The van der Waals surface area contributed by atoms with Crippen molar-refractivity contribution in [1.29, 1.82) is 0 Å². The zero-order valence-electron chi connectivity index (χ0n) is 6.46. The zero-order valence-corrected chi connectivity index (χ0v) is 8.80. The molecule has 0 aliphatic heterocycles. The monoisotopic (exact) mass is 281 g/mol. The molecule has 14 heavy (non-hydrogen) atoms. The number of hydrogen-bond acceptors (Lipinski definition) is 3. The van der Waals surface area contributed by atoms with E-state index in [4.69, 9.17) is 11.6 Å². The Morgan fingerprint density at radius 2 is 2.14 bits per heavy atom. The topological polar surface area (TPSA) is 60.2 Å². The highest BCUT2D eigenvalue weighted by molar-refractivity contribution is 9.10. The van der Waals surface area contributed by atoms with Crippen LogP contribution in [0.15, 0.2) is 16.6 Å². The first-order valence-corrected chi connectivity index (χ1v) is 4.44. The van der Waals surface area contributed by atoms with Gasteiger partial charge in [-0.1, -0.05) is 0 Å². The van der Waals surface area contributed by atoms with Crippen LogP contribution in [0.5, 0.6) is 0 Å². The second kappa shape index (κ2) is 4.02. The largest absolute Gasteiger partial charge is 0.282 e. The first kappa shape index (κ1) is 11.1. The lowest BCUT2D eigenvalue weighted by molar-refractivity contribution is -0.385. The van der Waals surface area contributed by atoms with Crippen molar-refractivity contribution >= 4 is 38.5 Å². The molecule has 0 saturated heterocycles. The molecule has 0 radical (unpaired) electrons. The minimum Gasteiger partial charge on any atom is -0.275 e. The second-order valence-electron chi connectivity index (χ2n) is 2.31. The molecule has 7 heteroatoms. The van der Waals surface area contributed by atoms with Gasteiger partial charge < -0.3 is 0 Å². The predicted octanol–water partition coefficient (Wildman–Crippen LogP) is 2.88. The SMILES string of the molecule is O=C(Cl)c1cc(F)c(Br)cc1[N+](=O)[O-]. The van der Waals surface area contributed by atoms with Crippen LogP contribution in [0.2, 0.25) is 0 Å². The minimum atomic E-state index is -1.07. The Kier molecular flexibility index (Phi) is 3.17. The van der Waals surface area contributed by atoms with Crippen molar-refractivity contribution < 1.29 is 14.1 Å². The molecule has 0 saturated carbocycles. The maximum Gasteiger partial charge on any atom is 0.282 e. The van der Waals surface area contributed by atoms with Crippen molar-refractivity contribution in [1.82, 2.24) is 0 Å². The van der Waals surface area contributed by atoms with Crippen LogP contribution in [0, 0.1) is 15.9 Å². The number of hydrogen-bond donors (Lipinski definition) is 0. The van der Waals surface area contributed by atoms with Crippen molar-refractivity contribution in [3.05, 3.63) is 38.1 Å². The lowest BCUT2D eigenvalue weighted by Crippen LogP contribution is -1.99. The predicted molar refractivity (Wildman–Crippen MR) is 50.9 cm³/mol. The smallest absolute Gasteiger partial charge is 0.275 e. The van der Waals surface area contributed by atoms with Gasteiger partial charge in [0.05, 0.1) is 9.40 Å². The van der Waals surface area contributed by atoms with Crippen molar-refractivity contribution in [2.24, 2.45) is 0 Å². The van der Waals surface area contributed by atoms with Gasteiger partial charge in [0, 0.05) is 6.07 Å². The molecule has 4 nitrogen and oxygen atoms in total. The summed E-state index contributed by atoms with van der Waals surface area (Å²) in [6, 6.07) is 1.61. The molecular formula is C7H2BrClFNO3. The van der Waals surface area contributed by atoms with E-state index in [1.807, 2.05) is 0 Å². The molecule has 1 aromatic rings. The van der Waals surface area contributed by atoms with Gasteiger partial charge in [-0.2, -0.15) is 0 Å². The molecule has 0 heterocycles. The van der Waals surface area contributed by atoms with E-state index in [1.54, 1.807) is 0 Å². The van der Waals surface area contributed by atoms with Crippen LogP contribution < -0.4 is 0 Å². The Labute approximate surface area is 90.9 Å². The first-order chi connectivity index (χ1) is 6.43. The summed E-state index contributed by atoms with van der Waals surface area (Å²) in [5.41, 5.74) is -0.990. The molecule has 0 aromatic heterocycles. The molecule has 0 spiro atoms. The summed E-state index contributed by atoms with van der Waals surface area (Å²) in [7, 11) is 0. The first-order valence-electron chi connectivity index (χ1n) is 3.26.